The standard InChI is InChI=1S/C15H22N2/c1-2-3-4-8-13-17(14-9-12-16)15-10-6-5-7-11-15/h5-7,10-11H,2-4,8-9,13-14H2,1H3. The third kappa shape index (κ3) is 5.40. The van der Waals surface area contributed by atoms with Crippen LogP contribution in [0.25, 0.3) is 0 Å². The highest BCUT2D eigenvalue weighted by molar-refractivity contribution is 5.45. The molecule has 0 atom stereocenters. The van der Waals surface area contributed by atoms with Crippen LogP contribution in [0.3, 0.4) is 0 Å². The van der Waals surface area contributed by atoms with Gasteiger partial charge < -0.3 is 4.90 Å². The number of unbranched alkanes of at least 4 members (excludes halogenated alkanes) is 3. The summed E-state index contributed by atoms with van der Waals surface area (Å²) in [6.07, 6.45) is 5.67. The number of hydrogen-bond acceptors (Lipinski definition) is 2. The lowest BCUT2D eigenvalue weighted by molar-refractivity contribution is 0.644. The maximum atomic E-state index is 8.70. The fourth-order valence-electron chi connectivity index (χ4n) is 1.92. The largest absolute Gasteiger partial charge is 0.371 e. The van der Waals surface area contributed by atoms with Crippen LogP contribution in [0.15, 0.2) is 30.3 Å². The molecule has 2 heteroatoms. The van der Waals surface area contributed by atoms with Crippen LogP contribution >= 0.6 is 0 Å². The number of hydrogen-bond donors (Lipinski definition) is 0. The van der Waals surface area contributed by atoms with Crippen molar-refractivity contribution in [3.8, 4) is 6.07 Å². The van der Waals surface area contributed by atoms with Gasteiger partial charge in [0, 0.05) is 18.8 Å². The molecule has 0 spiro atoms. The van der Waals surface area contributed by atoms with Gasteiger partial charge in [0.25, 0.3) is 0 Å². The maximum absolute atomic E-state index is 8.70. The summed E-state index contributed by atoms with van der Waals surface area (Å²) in [6.45, 7) is 4.13. The van der Waals surface area contributed by atoms with Crippen molar-refractivity contribution >= 4 is 5.69 Å². The SMILES string of the molecule is CCCCCCN(CCC#N)c1ccccc1. The first-order chi connectivity index (χ1) is 8.38. The zero-order valence-corrected chi connectivity index (χ0v) is 10.7. The third-order valence-electron chi connectivity index (χ3n) is 2.90. The van der Waals surface area contributed by atoms with Gasteiger partial charge in [0.05, 0.1) is 12.5 Å². The minimum Gasteiger partial charge on any atom is -0.371 e. The smallest absolute Gasteiger partial charge is 0.0640 e. The Balaban J connectivity index is 2.46. The molecule has 0 aromatic heterocycles. The van der Waals surface area contributed by atoms with E-state index in [1.165, 1.54) is 31.4 Å². The van der Waals surface area contributed by atoms with E-state index < -0.39 is 0 Å². The molecule has 0 fully saturated rings. The highest BCUT2D eigenvalue weighted by Crippen LogP contribution is 2.14. The van der Waals surface area contributed by atoms with Gasteiger partial charge in [-0.1, -0.05) is 44.4 Å². The third-order valence-corrected chi connectivity index (χ3v) is 2.90. The van der Waals surface area contributed by atoms with Crippen molar-refractivity contribution in [2.24, 2.45) is 0 Å². The van der Waals surface area contributed by atoms with E-state index in [0.29, 0.717) is 6.42 Å². The second-order valence-corrected chi connectivity index (χ2v) is 4.29. The molecule has 1 rings (SSSR count). The number of nitriles is 1. The van der Waals surface area contributed by atoms with Gasteiger partial charge in [0.2, 0.25) is 0 Å². The lowest BCUT2D eigenvalue weighted by atomic mass is 10.2. The fraction of sp³-hybridized carbons (Fsp3) is 0.533. The Labute approximate surface area is 105 Å². The van der Waals surface area contributed by atoms with Crippen LogP contribution in [0.4, 0.5) is 5.69 Å². The topological polar surface area (TPSA) is 27.0 Å². The Hall–Kier alpha value is -1.49. The van der Waals surface area contributed by atoms with E-state index in [9.17, 15) is 0 Å². The van der Waals surface area contributed by atoms with Crippen molar-refractivity contribution in [2.75, 3.05) is 18.0 Å². The van der Waals surface area contributed by atoms with E-state index in [1.54, 1.807) is 0 Å². The van der Waals surface area contributed by atoms with Crippen molar-refractivity contribution in [3.63, 3.8) is 0 Å². The molecule has 0 bridgehead atoms. The quantitative estimate of drug-likeness (QED) is 0.631. The van der Waals surface area contributed by atoms with Gasteiger partial charge in [-0.3, -0.25) is 0 Å². The summed E-state index contributed by atoms with van der Waals surface area (Å²) in [5.74, 6) is 0. The first-order valence-electron chi connectivity index (χ1n) is 6.55. The lowest BCUT2D eigenvalue weighted by Gasteiger charge is -2.23. The second-order valence-electron chi connectivity index (χ2n) is 4.29. The Morgan fingerprint density at radius 3 is 2.47 bits per heavy atom. The molecule has 0 saturated carbocycles. The predicted octanol–water partition coefficient (Wildman–Crippen LogP) is 3.99. The Kier molecular flexibility index (Phi) is 6.90. The molecule has 0 N–H and O–H groups in total. The summed E-state index contributed by atoms with van der Waals surface area (Å²) >= 11 is 0. The monoisotopic (exact) mass is 230 g/mol. The summed E-state index contributed by atoms with van der Waals surface area (Å²) < 4.78 is 0. The number of benzene rings is 1. The van der Waals surface area contributed by atoms with E-state index in [-0.39, 0.29) is 0 Å². The number of anilines is 1. The minimum atomic E-state index is 0.600. The zero-order valence-electron chi connectivity index (χ0n) is 10.7. The second kappa shape index (κ2) is 8.64. The van der Waals surface area contributed by atoms with Crippen LogP contribution in [0, 0.1) is 11.3 Å². The number of para-hydroxylation sites is 1. The Morgan fingerprint density at radius 2 is 1.82 bits per heavy atom. The van der Waals surface area contributed by atoms with Gasteiger partial charge in [0.1, 0.15) is 0 Å². The van der Waals surface area contributed by atoms with Crippen LogP contribution in [0.5, 0.6) is 0 Å². The van der Waals surface area contributed by atoms with Crippen molar-refractivity contribution < 1.29 is 0 Å². The summed E-state index contributed by atoms with van der Waals surface area (Å²) in [5.41, 5.74) is 1.24. The first-order valence-corrected chi connectivity index (χ1v) is 6.55. The van der Waals surface area contributed by atoms with Crippen LogP contribution in [-0.2, 0) is 0 Å². The van der Waals surface area contributed by atoms with E-state index in [1.807, 2.05) is 6.07 Å². The Bertz CT molecular complexity index is 327. The van der Waals surface area contributed by atoms with Crippen LogP contribution in [-0.4, -0.2) is 13.1 Å². The van der Waals surface area contributed by atoms with Crippen molar-refractivity contribution in [2.45, 2.75) is 39.0 Å². The highest BCUT2D eigenvalue weighted by Gasteiger charge is 2.04. The molecule has 0 aliphatic rings. The summed E-state index contributed by atoms with van der Waals surface area (Å²) in [4.78, 5) is 2.32. The van der Waals surface area contributed by atoms with Crippen molar-refractivity contribution in [1.82, 2.24) is 0 Å². The van der Waals surface area contributed by atoms with Gasteiger partial charge >= 0.3 is 0 Å². The molecule has 1 aromatic carbocycles. The van der Waals surface area contributed by atoms with Crippen molar-refractivity contribution in [3.05, 3.63) is 30.3 Å². The summed E-state index contributed by atoms with van der Waals surface area (Å²) in [7, 11) is 0. The van der Waals surface area contributed by atoms with Gasteiger partial charge in [0.15, 0.2) is 0 Å². The summed E-state index contributed by atoms with van der Waals surface area (Å²) in [6, 6.07) is 12.6. The molecule has 0 aliphatic heterocycles. The van der Waals surface area contributed by atoms with Gasteiger partial charge in [-0.2, -0.15) is 5.26 Å². The Morgan fingerprint density at radius 1 is 1.06 bits per heavy atom. The van der Waals surface area contributed by atoms with Gasteiger partial charge in [-0.05, 0) is 18.6 Å². The minimum absolute atomic E-state index is 0.600. The molecule has 17 heavy (non-hydrogen) atoms. The van der Waals surface area contributed by atoms with E-state index in [0.717, 1.165) is 13.1 Å². The van der Waals surface area contributed by atoms with E-state index in [4.69, 9.17) is 5.26 Å². The fourth-order valence-corrected chi connectivity index (χ4v) is 1.92. The molecule has 0 heterocycles. The molecule has 2 nitrogen and oxygen atoms in total. The zero-order chi connectivity index (χ0) is 12.3. The summed E-state index contributed by atoms with van der Waals surface area (Å²) in [5, 5.41) is 8.70. The van der Waals surface area contributed by atoms with Crippen LogP contribution < -0.4 is 4.90 Å². The van der Waals surface area contributed by atoms with Crippen LogP contribution in [0.1, 0.15) is 39.0 Å². The number of nitrogens with zero attached hydrogens (tertiary/aromatic N) is 2. The molecule has 0 amide bonds. The number of rotatable bonds is 8. The average molecular weight is 230 g/mol. The van der Waals surface area contributed by atoms with E-state index in [2.05, 4.69) is 42.2 Å². The molecule has 1 aromatic rings. The molecule has 0 saturated heterocycles. The van der Waals surface area contributed by atoms with E-state index >= 15 is 0 Å². The van der Waals surface area contributed by atoms with Gasteiger partial charge in [-0.25, -0.2) is 0 Å². The molecule has 92 valence electrons. The molecular weight excluding hydrogens is 208 g/mol. The molecule has 0 aliphatic carbocycles. The first kappa shape index (κ1) is 13.6. The predicted molar refractivity (Wildman–Crippen MR) is 73.0 cm³/mol. The highest BCUT2D eigenvalue weighted by atomic mass is 15.1. The van der Waals surface area contributed by atoms with Crippen LogP contribution in [0.2, 0.25) is 0 Å². The van der Waals surface area contributed by atoms with Gasteiger partial charge in [-0.15, -0.1) is 0 Å². The average Bonchev–Trinajstić information content (AvgIpc) is 2.39. The van der Waals surface area contributed by atoms with Crippen molar-refractivity contribution in [1.29, 1.82) is 5.26 Å². The maximum Gasteiger partial charge on any atom is 0.0640 e. The lowest BCUT2D eigenvalue weighted by Crippen LogP contribution is -2.25. The molecule has 0 radical (unpaired) electrons. The molecular formula is C15H22N2. The molecule has 0 unspecified atom stereocenters. The normalized spacial score (nSPS) is 9.88.